The minimum absolute atomic E-state index is 0. The number of nitrogens with zero attached hydrogens (tertiary/aromatic N) is 1. The zero-order valence-electron chi connectivity index (χ0n) is 12.9. The SMILES string of the molecule is Cl.O=C(NCC1CC1)C1CCCN(C(=O)C2CNCCO2)C1. The van der Waals surface area contributed by atoms with Crippen molar-refractivity contribution < 1.29 is 14.3 Å². The summed E-state index contributed by atoms with van der Waals surface area (Å²) in [6.07, 6.45) is 3.87. The van der Waals surface area contributed by atoms with Crippen LogP contribution in [0.1, 0.15) is 25.7 Å². The number of carbonyl (C=O) groups excluding carboxylic acids is 2. The van der Waals surface area contributed by atoms with E-state index in [9.17, 15) is 9.59 Å². The van der Waals surface area contributed by atoms with E-state index in [1.807, 2.05) is 4.90 Å². The molecule has 0 radical (unpaired) electrons. The van der Waals surface area contributed by atoms with Crippen LogP contribution in [0.3, 0.4) is 0 Å². The van der Waals surface area contributed by atoms with Gasteiger partial charge >= 0.3 is 0 Å². The zero-order chi connectivity index (χ0) is 14.7. The van der Waals surface area contributed by atoms with E-state index >= 15 is 0 Å². The Balaban J connectivity index is 0.00000176. The number of hydrogen-bond donors (Lipinski definition) is 2. The molecule has 2 unspecified atom stereocenters. The van der Waals surface area contributed by atoms with Crippen LogP contribution in [-0.4, -0.2) is 62.1 Å². The van der Waals surface area contributed by atoms with Crippen LogP contribution in [0.5, 0.6) is 0 Å². The van der Waals surface area contributed by atoms with Crippen LogP contribution in [0.25, 0.3) is 0 Å². The largest absolute Gasteiger partial charge is 0.366 e. The molecular formula is C15H26ClN3O3. The van der Waals surface area contributed by atoms with Gasteiger partial charge in [-0.25, -0.2) is 0 Å². The second kappa shape index (κ2) is 8.13. The van der Waals surface area contributed by atoms with Crippen LogP contribution in [-0.2, 0) is 14.3 Å². The predicted octanol–water partition coefficient (Wildman–Crippen LogP) is 0.161. The molecule has 6 nitrogen and oxygen atoms in total. The first kappa shape index (κ1) is 17.5. The van der Waals surface area contributed by atoms with Crippen LogP contribution >= 0.6 is 12.4 Å². The molecule has 0 aromatic rings. The summed E-state index contributed by atoms with van der Waals surface area (Å²) >= 11 is 0. The first-order chi connectivity index (χ1) is 10.2. The molecular weight excluding hydrogens is 306 g/mol. The fourth-order valence-electron chi connectivity index (χ4n) is 3.03. The van der Waals surface area contributed by atoms with E-state index in [1.54, 1.807) is 0 Å². The van der Waals surface area contributed by atoms with E-state index in [1.165, 1.54) is 12.8 Å². The lowest BCUT2D eigenvalue weighted by Crippen LogP contribution is -2.53. The number of amides is 2. The lowest BCUT2D eigenvalue weighted by atomic mass is 9.96. The van der Waals surface area contributed by atoms with E-state index in [0.29, 0.717) is 25.6 Å². The summed E-state index contributed by atoms with van der Waals surface area (Å²) < 4.78 is 5.52. The number of carbonyl (C=O) groups is 2. The number of ether oxygens (including phenoxy) is 1. The van der Waals surface area contributed by atoms with Crippen molar-refractivity contribution >= 4 is 24.2 Å². The first-order valence-corrected chi connectivity index (χ1v) is 8.13. The topological polar surface area (TPSA) is 70.7 Å². The van der Waals surface area contributed by atoms with Gasteiger partial charge in [-0.1, -0.05) is 0 Å². The maximum atomic E-state index is 12.4. The lowest BCUT2D eigenvalue weighted by molar-refractivity contribution is -0.148. The Kier molecular flexibility index (Phi) is 6.47. The Labute approximate surface area is 137 Å². The van der Waals surface area contributed by atoms with Gasteiger partial charge in [0.2, 0.25) is 5.91 Å². The second-order valence-corrected chi connectivity index (χ2v) is 6.38. The molecule has 1 aliphatic carbocycles. The van der Waals surface area contributed by atoms with Crippen molar-refractivity contribution in [1.29, 1.82) is 0 Å². The van der Waals surface area contributed by atoms with Gasteiger partial charge in [0.05, 0.1) is 12.5 Å². The van der Waals surface area contributed by atoms with E-state index in [-0.39, 0.29) is 36.2 Å². The Morgan fingerprint density at radius 1 is 1.27 bits per heavy atom. The van der Waals surface area contributed by atoms with Gasteiger partial charge in [-0.2, -0.15) is 0 Å². The van der Waals surface area contributed by atoms with E-state index in [2.05, 4.69) is 10.6 Å². The van der Waals surface area contributed by atoms with Crippen molar-refractivity contribution in [3.8, 4) is 0 Å². The Bertz CT molecular complexity index is 397. The van der Waals surface area contributed by atoms with Crippen molar-refractivity contribution in [2.24, 2.45) is 11.8 Å². The summed E-state index contributed by atoms with van der Waals surface area (Å²) in [5.41, 5.74) is 0. The molecule has 0 bridgehead atoms. The van der Waals surface area contributed by atoms with Crippen molar-refractivity contribution in [2.75, 3.05) is 39.3 Å². The van der Waals surface area contributed by atoms with Gasteiger partial charge < -0.3 is 20.3 Å². The summed E-state index contributed by atoms with van der Waals surface area (Å²) in [6.45, 7) is 4.04. The van der Waals surface area contributed by atoms with E-state index < -0.39 is 0 Å². The Hall–Kier alpha value is -0.850. The minimum atomic E-state index is -0.382. The number of hydrogen-bond acceptors (Lipinski definition) is 4. The molecule has 0 spiro atoms. The van der Waals surface area contributed by atoms with Gasteiger partial charge in [0, 0.05) is 32.7 Å². The molecule has 0 aromatic heterocycles. The third-order valence-corrected chi connectivity index (χ3v) is 4.57. The molecule has 2 aliphatic heterocycles. The smallest absolute Gasteiger partial charge is 0.253 e. The summed E-state index contributed by atoms with van der Waals surface area (Å²) in [5, 5.41) is 6.21. The van der Waals surface area contributed by atoms with Crippen molar-refractivity contribution in [3.63, 3.8) is 0 Å². The fourth-order valence-corrected chi connectivity index (χ4v) is 3.03. The van der Waals surface area contributed by atoms with E-state index in [0.717, 1.165) is 32.5 Å². The Morgan fingerprint density at radius 3 is 2.77 bits per heavy atom. The van der Waals surface area contributed by atoms with Gasteiger partial charge in [0.1, 0.15) is 6.10 Å². The molecule has 126 valence electrons. The molecule has 2 amide bonds. The molecule has 7 heteroatoms. The summed E-state index contributed by atoms with van der Waals surface area (Å²) in [5.74, 6) is 0.777. The monoisotopic (exact) mass is 331 g/mol. The average Bonchev–Trinajstić information content (AvgIpc) is 3.37. The number of piperidine rings is 1. The molecule has 2 heterocycles. The molecule has 2 atom stereocenters. The van der Waals surface area contributed by atoms with Crippen LogP contribution in [0.15, 0.2) is 0 Å². The standard InChI is InChI=1S/C15H25N3O3.ClH/c19-14(17-8-11-3-4-11)12-2-1-6-18(10-12)15(20)13-9-16-5-7-21-13;/h11-13,16H,1-10H2,(H,17,19);1H. The highest BCUT2D eigenvalue weighted by molar-refractivity contribution is 5.85. The highest BCUT2D eigenvalue weighted by atomic mass is 35.5. The quantitative estimate of drug-likeness (QED) is 0.770. The third-order valence-electron chi connectivity index (χ3n) is 4.57. The highest BCUT2D eigenvalue weighted by Crippen LogP contribution is 2.28. The van der Waals surface area contributed by atoms with Crippen molar-refractivity contribution in [1.82, 2.24) is 15.5 Å². The molecule has 3 aliphatic rings. The first-order valence-electron chi connectivity index (χ1n) is 8.13. The molecule has 0 aromatic carbocycles. The molecule has 3 fully saturated rings. The van der Waals surface area contributed by atoms with Crippen LogP contribution < -0.4 is 10.6 Å². The van der Waals surface area contributed by atoms with Crippen molar-refractivity contribution in [3.05, 3.63) is 0 Å². The maximum Gasteiger partial charge on any atom is 0.253 e. The number of morpholine rings is 1. The molecule has 2 saturated heterocycles. The van der Waals surface area contributed by atoms with Gasteiger partial charge in [-0.15, -0.1) is 12.4 Å². The fraction of sp³-hybridized carbons (Fsp3) is 0.867. The molecule has 2 N–H and O–H groups in total. The minimum Gasteiger partial charge on any atom is -0.366 e. The average molecular weight is 332 g/mol. The highest BCUT2D eigenvalue weighted by Gasteiger charge is 2.33. The van der Waals surface area contributed by atoms with Gasteiger partial charge in [-0.3, -0.25) is 9.59 Å². The third kappa shape index (κ3) is 4.57. The summed E-state index contributed by atoms with van der Waals surface area (Å²) in [4.78, 5) is 26.4. The number of rotatable bonds is 4. The second-order valence-electron chi connectivity index (χ2n) is 6.38. The Morgan fingerprint density at radius 2 is 2.09 bits per heavy atom. The number of likely N-dealkylation sites (tertiary alicyclic amines) is 1. The molecule has 1 saturated carbocycles. The van der Waals surface area contributed by atoms with Gasteiger partial charge in [0.25, 0.3) is 5.91 Å². The maximum absolute atomic E-state index is 12.4. The van der Waals surface area contributed by atoms with Crippen LogP contribution in [0.2, 0.25) is 0 Å². The molecule has 3 rings (SSSR count). The summed E-state index contributed by atoms with van der Waals surface area (Å²) in [7, 11) is 0. The van der Waals surface area contributed by atoms with E-state index in [4.69, 9.17) is 4.74 Å². The molecule has 22 heavy (non-hydrogen) atoms. The predicted molar refractivity (Wildman–Crippen MR) is 84.9 cm³/mol. The normalized spacial score (nSPS) is 28.6. The number of halogens is 1. The van der Waals surface area contributed by atoms with Crippen LogP contribution in [0.4, 0.5) is 0 Å². The van der Waals surface area contributed by atoms with Crippen LogP contribution in [0, 0.1) is 11.8 Å². The van der Waals surface area contributed by atoms with Gasteiger partial charge in [0.15, 0.2) is 0 Å². The van der Waals surface area contributed by atoms with Gasteiger partial charge in [-0.05, 0) is 31.6 Å². The zero-order valence-corrected chi connectivity index (χ0v) is 13.7. The number of nitrogens with one attached hydrogen (secondary N) is 2. The summed E-state index contributed by atoms with van der Waals surface area (Å²) in [6, 6.07) is 0. The van der Waals surface area contributed by atoms with Crippen molar-refractivity contribution in [2.45, 2.75) is 31.8 Å². The lowest BCUT2D eigenvalue weighted by Gasteiger charge is -2.35.